The van der Waals surface area contributed by atoms with Crippen LogP contribution >= 0.6 is 11.6 Å². The molecule has 0 bridgehead atoms. The van der Waals surface area contributed by atoms with Gasteiger partial charge in [-0.05, 0) is 66.3 Å². The van der Waals surface area contributed by atoms with Crippen LogP contribution in [0.2, 0.25) is 5.02 Å². The Morgan fingerprint density at radius 3 is 2.96 bits per heavy atom. The molecule has 4 rings (SSSR count). The Kier molecular flexibility index (Phi) is 4.53. The van der Waals surface area contributed by atoms with Gasteiger partial charge in [-0.3, -0.25) is 4.79 Å². The first-order valence-corrected chi connectivity index (χ1v) is 9.04. The zero-order chi connectivity index (χ0) is 17.2. The van der Waals surface area contributed by atoms with Gasteiger partial charge in [0, 0.05) is 11.4 Å². The van der Waals surface area contributed by atoms with Crippen LogP contribution in [-0.2, 0) is 24.1 Å². The van der Waals surface area contributed by atoms with Crippen molar-refractivity contribution in [1.82, 2.24) is 5.32 Å². The van der Waals surface area contributed by atoms with Crippen LogP contribution in [0.1, 0.15) is 23.1 Å². The first kappa shape index (κ1) is 16.3. The Morgan fingerprint density at radius 2 is 2.04 bits per heavy atom. The number of hydrogen-bond donors (Lipinski definition) is 1. The summed E-state index contributed by atoms with van der Waals surface area (Å²) in [6, 6.07) is 11.7. The van der Waals surface area contributed by atoms with E-state index >= 15 is 0 Å². The van der Waals surface area contributed by atoms with Crippen LogP contribution in [0.25, 0.3) is 0 Å². The molecule has 0 radical (unpaired) electrons. The molecular weight excluding hydrogens is 338 g/mol. The third-order valence-corrected chi connectivity index (χ3v) is 4.96. The van der Waals surface area contributed by atoms with Crippen LogP contribution in [0.5, 0.6) is 11.5 Å². The second-order valence-corrected chi connectivity index (χ2v) is 6.92. The molecule has 0 saturated carbocycles. The molecule has 130 valence electrons. The van der Waals surface area contributed by atoms with Crippen molar-refractivity contribution in [2.75, 3.05) is 13.2 Å². The number of halogens is 1. The quantitative estimate of drug-likeness (QED) is 0.835. The highest BCUT2D eigenvalue weighted by atomic mass is 35.5. The third kappa shape index (κ3) is 3.59. The minimum atomic E-state index is -0.492. The Balaban J connectivity index is 1.23. The van der Waals surface area contributed by atoms with Crippen LogP contribution in [0.3, 0.4) is 0 Å². The van der Waals surface area contributed by atoms with Gasteiger partial charge in [0.25, 0.3) is 5.91 Å². The average molecular weight is 358 g/mol. The minimum Gasteiger partial charge on any atom is -0.492 e. The molecule has 2 aliphatic rings. The number of carbonyl (C=O) groups is 1. The topological polar surface area (TPSA) is 47.6 Å². The second kappa shape index (κ2) is 6.96. The highest BCUT2D eigenvalue weighted by Gasteiger charge is 2.28. The summed E-state index contributed by atoms with van der Waals surface area (Å²) in [5.74, 6) is 1.48. The van der Waals surface area contributed by atoms with Crippen LogP contribution in [-0.4, -0.2) is 25.2 Å². The Labute approximate surface area is 152 Å². The van der Waals surface area contributed by atoms with Crippen LogP contribution in [0, 0.1) is 0 Å². The van der Waals surface area contributed by atoms with Crippen molar-refractivity contribution in [3.8, 4) is 11.5 Å². The van der Waals surface area contributed by atoms with E-state index in [0.29, 0.717) is 24.6 Å². The summed E-state index contributed by atoms with van der Waals surface area (Å²) >= 11 is 5.97. The lowest BCUT2D eigenvalue weighted by Crippen LogP contribution is -2.39. The van der Waals surface area contributed by atoms with Crippen molar-refractivity contribution in [2.24, 2.45) is 0 Å². The molecule has 1 aliphatic heterocycles. The molecule has 0 aromatic heterocycles. The summed E-state index contributed by atoms with van der Waals surface area (Å²) < 4.78 is 11.4. The van der Waals surface area contributed by atoms with Gasteiger partial charge in [0.2, 0.25) is 0 Å². The number of nitrogens with one attached hydrogen (secondary N) is 1. The molecule has 1 aliphatic carbocycles. The number of rotatable bonds is 5. The molecule has 1 amide bonds. The molecule has 4 nitrogen and oxygen atoms in total. The van der Waals surface area contributed by atoms with E-state index in [9.17, 15) is 4.79 Å². The molecule has 1 atom stereocenters. The maximum absolute atomic E-state index is 12.2. The molecule has 2 aromatic carbocycles. The minimum absolute atomic E-state index is 0.120. The largest absolute Gasteiger partial charge is 0.492 e. The van der Waals surface area contributed by atoms with Gasteiger partial charge in [0.1, 0.15) is 18.1 Å². The van der Waals surface area contributed by atoms with Crippen LogP contribution in [0.15, 0.2) is 36.4 Å². The SMILES string of the molecule is O=C(NCCOc1ccc2c(c1)CCC2)[C@H]1Cc2cc(Cl)ccc2O1. The van der Waals surface area contributed by atoms with Gasteiger partial charge < -0.3 is 14.8 Å². The second-order valence-electron chi connectivity index (χ2n) is 6.49. The van der Waals surface area contributed by atoms with E-state index < -0.39 is 6.10 Å². The summed E-state index contributed by atoms with van der Waals surface area (Å²) in [5.41, 5.74) is 3.79. The number of benzene rings is 2. The monoisotopic (exact) mass is 357 g/mol. The molecule has 25 heavy (non-hydrogen) atoms. The maximum atomic E-state index is 12.2. The lowest BCUT2D eigenvalue weighted by molar-refractivity contribution is -0.127. The van der Waals surface area contributed by atoms with Crippen molar-refractivity contribution in [3.63, 3.8) is 0 Å². The fourth-order valence-corrected chi connectivity index (χ4v) is 3.65. The van der Waals surface area contributed by atoms with Gasteiger partial charge in [-0.2, -0.15) is 0 Å². The number of aryl methyl sites for hydroxylation is 2. The number of fused-ring (bicyclic) bond motifs is 2. The fraction of sp³-hybridized carbons (Fsp3) is 0.350. The van der Waals surface area contributed by atoms with Crippen molar-refractivity contribution in [3.05, 3.63) is 58.1 Å². The fourth-order valence-electron chi connectivity index (χ4n) is 3.46. The number of ether oxygens (including phenoxy) is 2. The standard InChI is InChI=1S/C20H20ClNO3/c21-16-5-7-18-15(10-16)12-19(25-18)20(23)22-8-9-24-17-6-4-13-2-1-3-14(13)11-17/h4-7,10-11,19H,1-3,8-9,12H2,(H,22,23)/t19-/m1/s1. The highest BCUT2D eigenvalue weighted by Crippen LogP contribution is 2.31. The molecule has 0 fully saturated rings. The number of hydrogen-bond acceptors (Lipinski definition) is 3. The molecule has 5 heteroatoms. The normalized spacial score (nSPS) is 17.6. The summed E-state index contributed by atoms with van der Waals surface area (Å²) in [5, 5.41) is 3.53. The summed E-state index contributed by atoms with van der Waals surface area (Å²) in [4.78, 5) is 12.2. The van der Waals surface area contributed by atoms with Gasteiger partial charge in [-0.25, -0.2) is 0 Å². The molecule has 0 unspecified atom stereocenters. The maximum Gasteiger partial charge on any atom is 0.261 e. The van der Waals surface area contributed by atoms with Crippen molar-refractivity contribution in [1.29, 1.82) is 0 Å². The van der Waals surface area contributed by atoms with E-state index in [-0.39, 0.29) is 5.91 Å². The van der Waals surface area contributed by atoms with Crippen molar-refractivity contribution >= 4 is 17.5 Å². The van der Waals surface area contributed by atoms with Crippen LogP contribution in [0.4, 0.5) is 0 Å². The molecule has 0 spiro atoms. The van der Waals surface area contributed by atoms with Gasteiger partial charge >= 0.3 is 0 Å². The van der Waals surface area contributed by atoms with Gasteiger partial charge in [-0.15, -0.1) is 0 Å². The lowest BCUT2D eigenvalue weighted by Gasteiger charge is -2.12. The van der Waals surface area contributed by atoms with E-state index in [1.165, 1.54) is 24.0 Å². The van der Waals surface area contributed by atoms with Crippen molar-refractivity contribution < 1.29 is 14.3 Å². The zero-order valence-corrected chi connectivity index (χ0v) is 14.6. The first-order valence-electron chi connectivity index (χ1n) is 8.66. The van der Waals surface area contributed by atoms with E-state index in [0.717, 1.165) is 23.5 Å². The summed E-state index contributed by atoms with van der Waals surface area (Å²) in [7, 11) is 0. The Morgan fingerprint density at radius 1 is 1.16 bits per heavy atom. The molecule has 1 heterocycles. The molecular formula is C20H20ClNO3. The Bertz CT molecular complexity index is 806. The summed E-state index contributed by atoms with van der Waals surface area (Å²) in [6.45, 7) is 0.892. The average Bonchev–Trinajstić information content (AvgIpc) is 3.24. The smallest absolute Gasteiger partial charge is 0.261 e. The predicted molar refractivity (Wildman–Crippen MR) is 96.5 cm³/mol. The predicted octanol–water partition coefficient (Wildman–Crippen LogP) is 3.33. The van der Waals surface area contributed by atoms with Gasteiger partial charge in [-0.1, -0.05) is 17.7 Å². The Hall–Kier alpha value is -2.20. The van der Waals surface area contributed by atoms with Crippen LogP contribution < -0.4 is 14.8 Å². The van der Waals surface area contributed by atoms with Gasteiger partial charge in [0.05, 0.1) is 6.54 Å². The van der Waals surface area contributed by atoms with E-state index in [2.05, 4.69) is 17.4 Å². The van der Waals surface area contributed by atoms with E-state index in [1.54, 1.807) is 6.07 Å². The van der Waals surface area contributed by atoms with Gasteiger partial charge in [0.15, 0.2) is 6.10 Å². The first-order chi connectivity index (χ1) is 12.2. The third-order valence-electron chi connectivity index (χ3n) is 4.73. The lowest BCUT2D eigenvalue weighted by atomic mass is 10.1. The number of amides is 1. The molecule has 2 aromatic rings. The van der Waals surface area contributed by atoms with Crippen molar-refractivity contribution in [2.45, 2.75) is 31.8 Å². The number of carbonyl (C=O) groups excluding carboxylic acids is 1. The van der Waals surface area contributed by atoms with E-state index in [4.69, 9.17) is 21.1 Å². The highest BCUT2D eigenvalue weighted by molar-refractivity contribution is 6.30. The van der Waals surface area contributed by atoms with E-state index in [1.807, 2.05) is 18.2 Å². The zero-order valence-electron chi connectivity index (χ0n) is 13.9. The summed E-state index contributed by atoms with van der Waals surface area (Å²) in [6.07, 6.45) is 3.58. The molecule has 1 N–H and O–H groups in total. The molecule has 0 saturated heterocycles.